The molecule has 0 fully saturated rings. The van der Waals surface area contributed by atoms with Crippen LogP contribution in [0.2, 0.25) is 0 Å². The predicted molar refractivity (Wildman–Crippen MR) is 116 cm³/mol. The van der Waals surface area contributed by atoms with Crippen LogP contribution in [0.3, 0.4) is 0 Å². The van der Waals surface area contributed by atoms with Crippen molar-refractivity contribution in [1.29, 1.82) is 0 Å². The fourth-order valence-corrected chi connectivity index (χ4v) is 5.73. The largest absolute Gasteiger partial charge is 0.463 e. The highest BCUT2D eigenvalue weighted by atomic mass is 79.9. The van der Waals surface area contributed by atoms with Crippen LogP contribution in [0.4, 0.5) is 0 Å². The molecule has 136 valence electrons. The number of thiophene rings is 1. The van der Waals surface area contributed by atoms with Gasteiger partial charge in [0.05, 0.1) is 21.1 Å². The lowest BCUT2D eigenvalue weighted by Crippen LogP contribution is -2.33. The summed E-state index contributed by atoms with van der Waals surface area (Å²) in [6, 6.07) is 17.1. The van der Waals surface area contributed by atoms with Crippen molar-refractivity contribution in [1.82, 2.24) is 5.01 Å². The summed E-state index contributed by atoms with van der Waals surface area (Å²) in [5, 5.41) is 9.22. The van der Waals surface area contributed by atoms with Gasteiger partial charge in [0.15, 0.2) is 0 Å². The van der Waals surface area contributed by atoms with Crippen molar-refractivity contribution in [2.45, 2.75) is 25.6 Å². The summed E-state index contributed by atoms with van der Waals surface area (Å²) < 4.78 is 8.48. The maximum atomic E-state index is 6.48. The summed E-state index contributed by atoms with van der Waals surface area (Å²) in [5.41, 5.74) is 4.64. The monoisotopic (exact) mass is 502 g/mol. The number of ether oxygens (including phenoxy) is 1. The molecule has 2 atom stereocenters. The topological polar surface area (TPSA) is 24.8 Å². The Balaban J connectivity index is 1.64. The Hall–Kier alpha value is -1.63. The second-order valence-electron chi connectivity index (χ2n) is 6.81. The lowest BCUT2D eigenvalue weighted by molar-refractivity contribution is -0.0197. The van der Waals surface area contributed by atoms with Crippen LogP contribution in [0, 0.1) is 6.92 Å². The molecule has 0 N–H and O–H groups in total. The third-order valence-corrected chi connectivity index (χ3v) is 6.94. The fraction of sp³-hybridized carbons (Fsp3) is 0.190. The zero-order valence-corrected chi connectivity index (χ0v) is 18.5. The molecule has 0 amide bonds. The number of benzene rings is 2. The number of rotatable bonds is 2. The number of hydrazone groups is 1. The Labute approximate surface area is 178 Å². The van der Waals surface area contributed by atoms with Crippen molar-refractivity contribution in [3.8, 4) is 5.75 Å². The fourth-order valence-electron chi connectivity index (χ4n) is 3.66. The minimum atomic E-state index is -0.238. The van der Waals surface area contributed by atoms with Crippen LogP contribution >= 0.6 is 43.2 Å². The minimum absolute atomic E-state index is 0.158. The molecule has 3 heterocycles. The van der Waals surface area contributed by atoms with Gasteiger partial charge in [0.1, 0.15) is 5.75 Å². The van der Waals surface area contributed by atoms with E-state index in [1.54, 1.807) is 11.3 Å². The van der Waals surface area contributed by atoms with Crippen molar-refractivity contribution in [3.63, 3.8) is 0 Å². The molecule has 0 saturated heterocycles. The average molecular weight is 504 g/mol. The van der Waals surface area contributed by atoms with E-state index in [1.807, 2.05) is 6.07 Å². The SMILES string of the molecule is Cc1ccc([C@H]2Oc3c(Br)cc(Br)cc3[C@@H]3CC(c4cccs4)=NN23)cc1. The third kappa shape index (κ3) is 3.04. The average Bonchev–Trinajstić information content (AvgIpc) is 3.32. The Kier molecular flexibility index (Phi) is 4.37. The molecule has 0 spiro atoms. The molecule has 0 aliphatic carbocycles. The molecule has 2 aliphatic rings. The van der Waals surface area contributed by atoms with Crippen molar-refractivity contribution in [3.05, 3.63) is 84.4 Å². The Morgan fingerprint density at radius 2 is 1.96 bits per heavy atom. The van der Waals surface area contributed by atoms with Gasteiger partial charge in [-0.15, -0.1) is 11.3 Å². The van der Waals surface area contributed by atoms with Crippen molar-refractivity contribution in [2.24, 2.45) is 5.10 Å². The van der Waals surface area contributed by atoms with E-state index in [2.05, 4.69) is 91.6 Å². The van der Waals surface area contributed by atoms with E-state index in [1.165, 1.54) is 10.4 Å². The zero-order chi connectivity index (χ0) is 18.5. The second-order valence-corrected chi connectivity index (χ2v) is 9.53. The van der Waals surface area contributed by atoms with E-state index >= 15 is 0 Å². The van der Waals surface area contributed by atoms with E-state index in [-0.39, 0.29) is 12.3 Å². The minimum Gasteiger partial charge on any atom is -0.463 e. The standard InChI is InChI=1S/C21H16Br2N2OS/c1-12-4-6-13(7-5-12)21-25-18(11-17(24-25)19-3-2-8-27-19)15-9-14(22)10-16(23)20(15)26-21/h2-10,18,21H,11H2,1H3/t18-,21+/m0/s1. The number of fused-ring (bicyclic) bond motifs is 3. The second kappa shape index (κ2) is 6.76. The highest BCUT2D eigenvalue weighted by molar-refractivity contribution is 9.11. The molecule has 0 saturated carbocycles. The van der Waals surface area contributed by atoms with E-state index < -0.39 is 0 Å². The molecule has 5 rings (SSSR count). The van der Waals surface area contributed by atoms with Gasteiger partial charge in [0.2, 0.25) is 6.23 Å². The Bertz CT molecular complexity index is 1030. The van der Waals surface area contributed by atoms with E-state index in [0.717, 1.165) is 38.0 Å². The first-order chi connectivity index (χ1) is 13.1. The molecule has 3 nitrogen and oxygen atoms in total. The van der Waals surface area contributed by atoms with E-state index in [0.29, 0.717) is 0 Å². The number of nitrogens with zero attached hydrogens (tertiary/aromatic N) is 2. The summed E-state index contributed by atoms with van der Waals surface area (Å²) in [4.78, 5) is 1.22. The molecule has 3 aromatic rings. The van der Waals surface area contributed by atoms with Gasteiger partial charge >= 0.3 is 0 Å². The van der Waals surface area contributed by atoms with E-state index in [9.17, 15) is 0 Å². The smallest absolute Gasteiger partial charge is 0.213 e. The third-order valence-electron chi connectivity index (χ3n) is 4.98. The predicted octanol–water partition coefficient (Wildman–Crippen LogP) is 6.82. The van der Waals surface area contributed by atoms with Crippen molar-refractivity contribution >= 4 is 48.9 Å². The molecule has 1 aromatic heterocycles. The van der Waals surface area contributed by atoms with Crippen LogP contribution in [0.1, 0.15) is 40.3 Å². The van der Waals surface area contributed by atoms with Gasteiger partial charge in [-0.3, -0.25) is 0 Å². The molecular formula is C21H16Br2N2OS. The van der Waals surface area contributed by atoms with Crippen LogP contribution in [0.15, 0.2) is 68.0 Å². The summed E-state index contributed by atoms with van der Waals surface area (Å²) in [6.07, 6.45) is 0.639. The number of hydrogen-bond acceptors (Lipinski definition) is 4. The number of halogens is 2. The molecule has 0 radical (unpaired) electrons. The number of hydrogen-bond donors (Lipinski definition) is 0. The first-order valence-electron chi connectivity index (χ1n) is 8.72. The zero-order valence-electron chi connectivity index (χ0n) is 14.5. The van der Waals surface area contributed by atoms with Gasteiger partial charge in [0, 0.05) is 22.0 Å². The lowest BCUT2D eigenvalue weighted by atomic mass is 9.97. The molecule has 2 aromatic carbocycles. The molecule has 0 bridgehead atoms. The molecule has 6 heteroatoms. The van der Waals surface area contributed by atoms with E-state index in [4.69, 9.17) is 9.84 Å². The summed E-state index contributed by atoms with van der Waals surface area (Å²) >= 11 is 9.04. The van der Waals surface area contributed by atoms with Gasteiger partial charge in [0.25, 0.3) is 0 Å². The van der Waals surface area contributed by atoms with Crippen LogP contribution < -0.4 is 4.74 Å². The highest BCUT2D eigenvalue weighted by Crippen LogP contribution is 2.51. The Morgan fingerprint density at radius 3 is 2.70 bits per heavy atom. The first-order valence-corrected chi connectivity index (χ1v) is 11.2. The van der Waals surface area contributed by atoms with Crippen LogP contribution in [-0.2, 0) is 0 Å². The lowest BCUT2D eigenvalue weighted by Gasteiger charge is -2.38. The first kappa shape index (κ1) is 17.5. The highest BCUT2D eigenvalue weighted by Gasteiger charge is 2.42. The summed E-state index contributed by atoms with van der Waals surface area (Å²) in [5.74, 6) is 0.910. The summed E-state index contributed by atoms with van der Waals surface area (Å²) in [7, 11) is 0. The van der Waals surface area contributed by atoms with Gasteiger partial charge in [-0.05, 0) is 46.4 Å². The summed E-state index contributed by atoms with van der Waals surface area (Å²) in [6.45, 7) is 2.10. The van der Waals surface area contributed by atoms with Gasteiger partial charge in [-0.2, -0.15) is 5.10 Å². The van der Waals surface area contributed by atoms with Crippen LogP contribution in [0.5, 0.6) is 5.75 Å². The molecule has 27 heavy (non-hydrogen) atoms. The quantitative estimate of drug-likeness (QED) is 0.383. The van der Waals surface area contributed by atoms with Crippen LogP contribution in [0.25, 0.3) is 0 Å². The maximum absolute atomic E-state index is 6.48. The Morgan fingerprint density at radius 1 is 1.15 bits per heavy atom. The maximum Gasteiger partial charge on any atom is 0.213 e. The van der Waals surface area contributed by atoms with Crippen molar-refractivity contribution in [2.75, 3.05) is 0 Å². The molecular weight excluding hydrogens is 488 g/mol. The van der Waals surface area contributed by atoms with Gasteiger partial charge < -0.3 is 4.74 Å². The number of aryl methyl sites for hydroxylation is 1. The normalized spacial score (nSPS) is 20.7. The van der Waals surface area contributed by atoms with Gasteiger partial charge in [-0.1, -0.05) is 51.8 Å². The molecule has 0 unspecified atom stereocenters. The molecule has 2 aliphatic heterocycles. The van der Waals surface area contributed by atoms with Crippen molar-refractivity contribution < 1.29 is 4.74 Å². The van der Waals surface area contributed by atoms with Gasteiger partial charge in [-0.25, -0.2) is 5.01 Å². The van der Waals surface area contributed by atoms with Crippen LogP contribution in [-0.4, -0.2) is 10.7 Å².